The number of carbonyl (C=O) groups excluding carboxylic acids is 2. The first-order valence-electron chi connectivity index (χ1n) is 4.26. The van der Waals surface area contributed by atoms with E-state index in [1.54, 1.807) is 0 Å². The summed E-state index contributed by atoms with van der Waals surface area (Å²) in [5, 5.41) is 32.0. The SMILES string of the molecule is CC1(C(=O)[O-])C=CC(C(=O)[O-])=CC1[N+](=O)[O-]. The van der Waals surface area contributed by atoms with Gasteiger partial charge >= 0.3 is 0 Å². The van der Waals surface area contributed by atoms with Crippen LogP contribution in [-0.4, -0.2) is 22.9 Å². The van der Waals surface area contributed by atoms with Gasteiger partial charge < -0.3 is 19.8 Å². The minimum Gasteiger partial charge on any atom is -0.549 e. The van der Waals surface area contributed by atoms with Crippen LogP contribution in [0.25, 0.3) is 0 Å². The number of aliphatic carboxylic acids is 2. The lowest BCUT2D eigenvalue weighted by Gasteiger charge is -2.31. The molecule has 1 rings (SSSR count). The molecule has 0 aliphatic heterocycles. The molecule has 2 atom stereocenters. The van der Waals surface area contributed by atoms with Gasteiger partial charge in [0.05, 0.1) is 17.4 Å². The molecular weight excluding hydrogens is 218 g/mol. The number of rotatable bonds is 3. The standard InChI is InChI=1S/C9H9NO6/c1-9(8(13)14)3-2-5(7(11)12)4-6(9)10(15)16/h2-4,6H,1H3,(H,11,12)(H,13,14)/p-2. The summed E-state index contributed by atoms with van der Waals surface area (Å²) in [4.78, 5) is 31.1. The fourth-order valence-corrected chi connectivity index (χ4v) is 1.36. The first-order chi connectivity index (χ1) is 7.29. The fraction of sp³-hybridized carbons (Fsp3) is 0.333. The van der Waals surface area contributed by atoms with Crippen LogP contribution in [-0.2, 0) is 9.59 Å². The van der Waals surface area contributed by atoms with E-state index in [-0.39, 0.29) is 0 Å². The maximum Gasteiger partial charge on any atom is 0.246 e. The number of hydrogen-bond acceptors (Lipinski definition) is 6. The number of carbonyl (C=O) groups is 2. The van der Waals surface area contributed by atoms with Gasteiger partial charge in [0.1, 0.15) is 0 Å². The summed E-state index contributed by atoms with van der Waals surface area (Å²) in [6.07, 6.45) is 2.64. The van der Waals surface area contributed by atoms with Crippen LogP contribution in [0.4, 0.5) is 0 Å². The third-order valence-electron chi connectivity index (χ3n) is 2.46. The predicted octanol–water partition coefficient (Wildman–Crippen LogP) is -2.37. The maximum absolute atomic E-state index is 10.8. The molecule has 86 valence electrons. The van der Waals surface area contributed by atoms with Gasteiger partial charge in [-0.1, -0.05) is 12.2 Å². The van der Waals surface area contributed by atoms with Crippen molar-refractivity contribution in [2.75, 3.05) is 0 Å². The average Bonchev–Trinajstić information content (AvgIpc) is 2.17. The molecule has 1 aliphatic carbocycles. The average molecular weight is 225 g/mol. The normalized spacial score (nSPS) is 28.3. The molecule has 0 saturated heterocycles. The number of nitro groups is 1. The highest BCUT2D eigenvalue weighted by molar-refractivity contribution is 5.90. The predicted molar refractivity (Wildman–Crippen MR) is 46.1 cm³/mol. The van der Waals surface area contributed by atoms with Gasteiger partial charge in [-0.3, -0.25) is 10.1 Å². The second kappa shape index (κ2) is 3.76. The summed E-state index contributed by atoms with van der Waals surface area (Å²) < 4.78 is 0. The highest BCUT2D eigenvalue weighted by Crippen LogP contribution is 2.31. The third-order valence-corrected chi connectivity index (χ3v) is 2.46. The number of nitrogens with zero attached hydrogens (tertiary/aromatic N) is 1. The molecule has 0 amide bonds. The summed E-state index contributed by atoms with van der Waals surface area (Å²) in [5.74, 6) is -3.23. The summed E-state index contributed by atoms with van der Waals surface area (Å²) in [6.45, 7) is 1.09. The van der Waals surface area contributed by atoms with Crippen molar-refractivity contribution in [3.8, 4) is 0 Å². The van der Waals surface area contributed by atoms with Crippen molar-refractivity contribution < 1.29 is 24.7 Å². The number of carboxylic acid groups (broad SMARTS) is 2. The molecule has 0 heterocycles. The van der Waals surface area contributed by atoms with Crippen molar-refractivity contribution in [1.82, 2.24) is 0 Å². The van der Waals surface area contributed by atoms with Gasteiger partial charge in [0, 0.05) is 4.92 Å². The van der Waals surface area contributed by atoms with Crippen LogP contribution in [0.3, 0.4) is 0 Å². The summed E-state index contributed by atoms with van der Waals surface area (Å²) in [5.41, 5.74) is -2.27. The van der Waals surface area contributed by atoms with Crippen LogP contribution in [0, 0.1) is 15.5 Å². The van der Waals surface area contributed by atoms with Gasteiger partial charge in [0.15, 0.2) is 0 Å². The smallest absolute Gasteiger partial charge is 0.246 e. The lowest BCUT2D eigenvalue weighted by atomic mass is 9.78. The Bertz CT molecular complexity index is 424. The zero-order valence-corrected chi connectivity index (χ0v) is 8.21. The minimum atomic E-state index is -1.86. The Kier molecular flexibility index (Phi) is 2.80. The van der Waals surface area contributed by atoms with Crippen molar-refractivity contribution in [2.24, 2.45) is 5.41 Å². The third kappa shape index (κ3) is 1.79. The molecular formula is C9H7NO6-2. The Hall–Kier alpha value is -2.18. The minimum absolute atomic E-state index is 0.416. The van der Waals surface area contributed by atoms with Crippen LogP contribution in [0.2, 0.25) is 0 Å². The van der Waals surface area contributed by atoms with Crippen LogP contribution in [0.5, 0.6) is 0 Å². The van der Waals surface area contributed by atoms with E-state index in [1.165, 1.54) is 0 Å². The lowest BCUT2D eigenvalue weighted by molar-refractivity contribution is -0.525. The van der Waals surface area contributed by atoms with Crippen molar-refractivity contribution in [1.29, 1.82) is 0 Å². The van der Waals surface area contributed by atoms with Crippen LogP contribution in [0.1, 0.15) is 6.92 Å². The van der Waals surface area contributed by atoms with Gasteiger partial charge in [0.25, 0.3) is 0 Å². The Morgan fingerprint density at radius 2 is 2.00 bits per heavy atom. The van der Waals surface area contributed by atoms with E-state index >= 15 is 0 Å². The van der Waals surface area contributed by atoms with Gasteiger partial charge in [-0.15, -0.1) is 0 Å². The van der Waals surface area contributed by atoms with Crippen molar-refractivity contribution in [3.63, 3.8) is 0 Å². The molecule has 0 saturated carbocycles. The number of carboxylic acids is 2. The van der Waals surface area contributed by atoms with Crippen LogP contribution >= 0.6 is 0 Å². The fourth-order valence-electron chi connectivity index (χ4n) is 1.36. The molecule has 2 unspecified atom stereocenters. The van der Waals surface area contributed by atoms with Gasteiger partial charge in [-0.2, -0.15) is 0 Å². The second-order valence-corrected chi connectivity index (χ2v) is 3.54. The molecule has 7 heteroatoms. The number of hydrogen-bond donors (Lipinski definition) is 0. The quantitative estimate of drug-likeness (QED) is 0.390. The largest absolute Gasteiger partial charge is 0.549 e. The van der Waals surface area contributed by atoms with Crippen molar-refractivity contribution in [3.05, 3.63) is 33.9 Å². The van der Waals surface area contributed by atoms with E-state index in [9.17, 15) is 29.9 Å². The van der Waals surface area contributed by atoms with Crippen molar-refractivity contribution >= 4 is 11.9 Å². The molecule has 0 aromatic rings. The van der Waals surface area contributed by atoms with Crippen molar-refractivity contribution in [2.45, 2.75) is 13.0 Å². The zero-order valence-electron chi connectivity index (χ0n) is 8.21. The Labute approximate surface area is 89.8 Å². The first kappa shape index (κ1) is 11.9. The monoisotopic (exact) mass is 225 g/mol. The van der Waals surface area contributed by atoms with Crippen LogP contribution in [0.15, 0.2) is 23.8 Å². The summed E-state index contributed by atoms with van der Waals surface area (Å²) in [6, 6.07) is -1.68. The Morgan fingerprint density at radius 3 is 2.38 bits per heavy atom. The lowest BCUT2D eigenvalue weighted by Crippen LogP contribution is -2.50. The first-order valence-corrected chi connectivity index (χ1v) is 4.26. The Balaban J connectivity index is 3.22. The van der Waals surface area contributed by atoms with Gasteiger partial charge in [-0.25, -0.2) is 0 Å². The van der Waals surface area contributed by atoms with Gasteiger partial charge in [0.2, 0.25) is 6.04 Å². The zero-order chi connectivity index (χ0) is 12.5. The van der Waals surface area contributed by atoms with E-state index < -0.39 is 33.9 Å². The molecule has 7 nitrogen and oxygen atoms in total. The molecule has 0 aromatic carbocycles. The molecule has 0 fully saturated rings. The molecule has 0 N–H and O–H groups in total. The topological polar surface area (TPSA) is 123 Å². The molecule has 0 aromatic heterocycles. The Morgan fingerprint density at radius 1 is 1.44 bits per heavy atom. The van der Waals surface area contributed by atoms with Crippen LogP contribution < -0.4 is 10.2 Å². The highest BCUT2D eigenvalue weighted by Gasteiger charge is 2.43. The second-order valence-electron chi connectivity index (χ2n) is 3.54. The highest BCUT2D eigenvalue weighted by atomic mass is 16.6. The molecule has 16 heavy (non-hydrogen) atoms. The summed E-state index contributed by atoms with van der Waals surface area (Å²) >= 11 is 0. The molecule has 0 radical (unpaired) electrons. The van der Waals surface area contributed by atoms with Gasteiger partial charge in [-0.05, 0) is 18.6 Å². The van der Waals surface area contributed by atoms with E-state index in [0.717, 1.165) is 25.2 Å². The molecule has 1 aliphatic rings. The summed E-state index contributed by atoms with van der Waals surface area (Å²) in [7, 11) is 0. The van der Waals surface area contributed by atoms with E-state index in [4.69, 9.17) is 0 Å². The molecule has 0 bridgehead atoms. The van der Waals surface area contributed by atoms with E-state index in [2.05, 4.69) is 0 Å². The van der Waals surface area contributed by atoms with E-state index in [0.29, 0.717) is 0 Å². The maximum atomic E-state index is 10.8. The molecule has 0 spiro atoms. The van der Waals surface area contributed by atoms with E-state index in [1.807, 2.05) is 0 Å².